The van der Waals surface area contributed by atoms with Gasteiger partial charge in [-0.1, -0.05) is 18.9 Å². The highest BCUT2D eigenvalue weighted by Gasteiger charge is 2.25. The predicted molar refractivity (Wildman–Crippen MR) is 85.8 cm³/mol. The fourth-order valence-electron chi connectivity index (χ4n) is 2.85. The summed E-state index contributed by atoms with van der Waals surface area (Å²) in [5, 5.41) is 12.0. The van der Waals surface area contributed by atoms with Crippen LogP contribution < -0.4 is 10.1 Å². The van der Waals surface area contributed by atoms with Gasteiger partial charge in [-0.05, 0) is 52.4 Å². The summed E-state index contributed by atoms with van der Waals surface area (Å²) in [5.41, 5.74) is 0.514. The van der Waals surface area contributed by atoms with E-state index in [0.29, 0.717) is 28.1 Å². The molecule has 2 N–H and O–H groups in total. The van der Waals surface area contributed by atoms with Crippen molar-refractivity contribution in [2.45, 2.75) is 38.1 Å². The maximum Gasteiger partial charge on any atom is 0.330 e. The van der Waals surface area contributed by atoms with E-state index in [1.54, 1.807) is 18.2 Å². The molecule has 1 unspecified atom stereocenters. The SMILES string of the molecule is COc1ccc(C(NC(=O)CC2CCCC2)C(=O)O)cc1Br. The van der Waals surface area contributed by atoms with Crippen LogP contribution in [0.3, 0.4) is 0 Å². The molecular formula is C16H20BrNO4. The molecule has 1 amide bonds. The van der Waals surface area contributed by atoms with Gasteiger partial charge in [-0.25, -0.2) is 4.79 Å². The Morgan fingerprint density at radius 3 is 2.64 bits per heavy atom. The quantitative estimate of drug-likeness (QED) is 0.806. The number of carbonyl (C=O) groups excluding carboxylic acids is 1. The molecule has 6 heteroatoms. The highest BCUT2D eigenvalue weighted by molar-refractivity contribution is 9.10. The molecule has 1 aromatic rings. The summed E-state index contributed by atoms with van der Waals surface area (Å²) in [5.74, 6) is -0.273. The zero-order chi connectivity index (χ0) is 16.1. The molecule has 1 fully saturated rings. The lowest BCUT2D eigenvalue weighted by Gasteiger charge is -2.17. The monoisotopic (exact) mass is 369 g/mol. The molecule has 120 valence electrons. The van der Waals surface area contributed by atoms with Crippen molar-refractivity contribution in [3.8, 4) is 5.75 Å². The molecule has 1 atom stereocenters. The number of hydrogen-bond donors (Lipinski definition) is 2. The molecule has 0 aliphatic heterocycles. The molecule has 1 saturated carbocycles. The van der Waals surface area contributed by atoms with Crippen LogP contribution in [0.25, 0.3) is 0 Å². The minimum absolute atomic E-state index is 0.203. The van der Waals surface area contributed by atoms with E-state index in [2.05, 4.69) is 21.2 Å². The second-order valence-electron chi connectivity index (χ2n) is 5.59. The normalized spacial score (nSPS) is 16.3. The van der Waals surface area contributed by atoms with Crippen LogP contribution in [0, 0.1) is 5.92 Å². The topological polar surface area (TPSA) is 75.6 Å². The number of carboxylic acids is 1. The smallest absolute Gasteiger partial charge is 0.330 e. The highest BCUT2D eigenvalue weighted by Crippen LogP contribution is 2.29. The zero-order valence-electron chi connectivity index (χ0n) is 12.5. The molecule has 0 spiro atoms. The van der Waals surface area contributed by atoms with Crippen molar-refractivity contribution in [1.29, 1.82) is 0 Å². The van der Waals surface area contributed by atoms with Gasteiger partial charge in [0, 0.05) is 6.42 Å². The van der Waals surface area contributed by atoms with Gasteiger partial charge in [-0.2, -0.15) is 0 Å². The Balaban J connectivity index is 2.07. The first kappa shape index (κ1) is 16.8. The maximum absolute atomic E-state index is 12.1. The molecule has 0 radical (unpaired) electrons. The first-order chi connectivity index (χ1) is 10.5. The van der Waals surface area contributed by atoms with E-state index < -0.39 is 12.0 Å². The van der Waals surface area contributed by atoms with Crippen molar-refractivity contribution in [3.63, 3.8) is 0 Å². The summed E-state index contributed by atoms with van der Waals surface area (Å²) in [6, 6.07) is 3.94. The number of rotatable bonds is 6. The van der Waals surface area contributed by atoms with Crippen LogP contribution in [0.5, 0.6) is 5.75 Å². The summed E-state index contributed by atoms with van der Waals surface area (Å²) in [7, 11) is 1.54. The van der Waals surface area contributed by atoms with E-state index in [9.17, 15) is 14.7 Å². The molecule has 2 rings (SSSR count). The average molecular weight is 370 g/mol. The van der Waals surface area contributed by atoms with Crippen LogP contribution in [-0.4, -0.2) is 24.1 Å². The lowest BCUT2D eigenvalue weighted by molar-refractivity contribution is -0.142. The zero-order valence-corrected chi connectivity index (χ0v) is 14.1. The Labute approximate surface area is 138 Å². The van der Waals surface area contributed by atoms with Crippen molar-refractivity contribution >= 4 is 27.8 Å². The third-order valence-corrected chi connectivity index (χ3v) is 4.63. The van der Waals surface area contributed by atoms with Gasteiger partial charge in [0.25, 0.3) is 0 Å². The third kappa shape index (κ3) is 4.22. The Kier molecular flexibility index (Phi) is 5.83. The number of methoxy groups -OCH3 is 1. The number of benzene rings is 1. The van der Waals surface area contributed by atoms with Gasteiger partial charge >= 0.3 is 5.97 Å². The number of aliphatic carboxylic acids is 1. The molecule has 0 saturated heterocycles. The second kappa shape index (κ2) is 7.63. The number of carboxylic acid groups (broad SMARTS) is 1. The molecule has 1 aromatic carbocycles. The van der Waals surface area contributed by atoms with Crippen LogP contribution in [0.1, 0.15) is 43.7 Å². The summed E-state index contributed by atoms with van der Waals surface area (Å²) < 4.78 is 5.78. The molecule has 1 aliphatic rings. The molecule has 1 aliphatic carbocycles. The minimum Gasteiger partial charge on any atom is -0.496 e. The van der Waals surface area contributed by atoms with Crippen LogP contribution >= 0.6 is 15.9 Å². The predicted octanol–water partition coefficient (Wildman–Crippen LogP) is 3.28. The molecule has 0 heterocycles. The van der Waals surface area contributed by atoms with Crippen molar-refractivity contribution in [2.24, 2.45) is 5.92 Å². The van der Waals surface area contributed by atoms with Crippen LogP contribution in [0.2, 0.25) is 0 Å². The molecule has 22 heavy (non-hydrogen) atoms. The number of amides is 1. The van der Waals surface area contributed by atoms with Gasteiger partial charge in [-0.15, -0.1) is 0 Å². The van der Waals surface area contributed by atoms with Crippen molar-refractivity contribution < 1.29 is 19.4 Å². The second-order valence-corrected chi connectivity index (χ2v) is 6.44. The average Bonchev–Trinajstić information content (AvgIpc) is 2.97. The standard InChI is InChI=1S/C16H20BrNO4/c1-22-13-7-6-11(9-12(13)17)15(16(20)21)18-14(19)8-10-4-2-3-5-10/h6-7,9-10,15H,2-5,8H2,1H3,(H,18,19)(H,20,21). The van der Waals surface area contributed by atoms with Crippen molar-refractivity contribution in [3.05, 3.63) is 28.2 Å². The van der Waals surface area contributed by atoms with Crippen LogP contribution in [0.15, 0.2) is 22.7 Å². The molecular weight excluding hydrogens is 350 g/mol. The first-order valence-electron chi connectivity index (χ1n) is 7.37. The van der Waals surface area contributed by atoms with Gasteiger partial charge in [0.2, 0.25) is 5.91 Å². The summed E-state index contributed by atoms with van der Waals surface area (Å²) >= 11 is 3.33. The molecule has 5 nitrogen and oxygen atoms in total. The molecule has 0 aromatic heterocycles. The number of halogens is 1. The van der Waals surface area contributed by atoms with Gasteiger partial charge in [0.15, 0.2) is 6.04 Å². The van der Waals surface area contributed by atoms with Crippen molar-refractivity contribution in [2.75, 3.05) is 7.11 Å². The Morgan fingerprint density at radius 2 is 2.09 bits per heavy atom. The minimum atomic E-state index is -1.07. The summed E-state index contributed by atoms with van der Waals surface area (Å²) in [6.07, 6.45) is 4.83. The fourth-order valence-corrected chi connectivity index (χ4v) is 3.40. The van der Waals surface area contributed by atoms with E-state index in [0.717, 1.165) is 25.7 Å². The lowest BCUT2D eigenvalue weighted by atomic mass is 10.0. The van der Waals surface area contributed by atoms with E-state index in [4.69, 9.17) is 4.74 Å². The highest BCUT2D eigenvalue weighted by atomic mass is 79.9. The van der Waals surface area contributed by atoms with Gasteiger partial charge < -0.3 is 15.2 Å². The van der Waals surface area contributed by atoms with Crippen LogP contribution in [0.4, 0.5) is 0 Å². The Morgan fingerprint density at radius 1 is 1.41 bits per heavy atom. The van der Waals surface area contributed by atoms with Gasteiger partial charge in [0.1, 0.15) is 5.75 Å². The lowest BCUT2D eigenvalue weighted by Crippen LogP contribution is -2.34. The van der Waals surface area contributed by atoms with Gasteiger partial charge in [0.05, 0.1) is 11.6 Å². The molecule has 0 bridgehead atoms. The number of hydrogen-bond acceptors (Lipinski definition) is 3. The summed E-state index contributed by atoms with van der Waals surface area (Å²) in [4.78, 5) is 23.6. The largest absolute Gasteiger partial charge is 0.496 e. The van der Waals surface area contributed by atoms with E-state index in [1.807, 2.05) is 0 Å². The maximum atomic E-state index is 12.1. The fraction of sp³-hybridized carbons (Fsp3) is 0.500. The number of carbonyl (C=O) groups is 2. The van der Waals surface area contributed by atoms with E-state index >= 15 is 0 Å². The number of ether oxygens (including phenoxy) is 1. The Hall–Kier alpha value is -1.56. The van der Waals surface area contributed by atoms with Crippen molar-refractivity contribution in [1.82, 2.24) is 5.32 Å². The van der Waals surface area contributed by atoms with Gasteiger partial charge in [-0.3, -0.25) is 4.79 Å². The number of nitrogens with one attached hydrogen (secondary N) is 1. The summed E-state index contributed by atoms with van der Waals surface area (Å²) in [6.45, 7) is 0. The van der Waals surface area contributed by atoms with Crippen LogP contribution in [-0.2, 0) is 9.59 Å². The third-order valence-electron chi connectivity index (χ3n) is 4.01. The van der Waals surface area contributed by atoms with E-state index in [-0.39, 0.29) is 5.91 Å². The van der Waals surface area contributed by atoms with E-state index in [1.165, 1.54) is 7.11 Å². The first-order valence-corrected chi connectivity index (χ1v) is 8.16. The Bertz CT molecular complexity index is 555.